The van der Waals surface area contributed by atoms with E-state index in [4.69, 9.17) is 28.1 Å². The Kier molecular flexibility index (Phi) is 4.65. The monoisotopic (exact) mass is 447 g/mol. The summed E-state index contributed by atoms with van der Waals surface area (Å²) in [6, 6.07) is 1.85. The first-order valence-corrected chi connectivity index (χ1v) is 11.5. The molecule has 29 heavy (non-hydrogen) atoms. The van der Waals surface area contributed by atoms with Gasteiger partial charge in [0.2, 0.25) is 0 Å². The minimum absolute atomic E-state index is 0.0763. The first-order chi connectivity index (χ1) is 14.0. The van der Waals surface area contributed by atoms with E-state index in [2.05, 4.69) is 25.9 Å². The van der Waals surface area contributed by atoms with E-state index >= 15 is 0 Å². The van der Waals surface area contributed by atoms with Gasteiger partial charge in [-0.3, -0.25) is 0 Å². The SMILES string of the molecule is Cc1csc(C2(CN)C3CN(C4=CNC(Sc5ccnc(N)c5Cl)=CN4)CC32)n1. The molecule has 3 aliphatic rings. The van der Waals surface area contributed by atoms with Crippen LogP contribution in [0.5, 0.6) is 0 Å². The van der Waals surface area contributed by atoms with E-state index < -0.39 is 0 Å². The van der Waals surface area contributed by atoms with Crippen molar-refractivity contribution >= 4 is 40.5 Å². The van der Waals surface area contributed by atoms with Gasteiger partial charge < -0.3 is 27.0 Å². The minimum atomic E-state index is 0.0763. The molecule has 5 rings (SSSR count). The van der Waals surface area contributed by atoms with Crippen molar-refractivity contribution in [1.29, 1.82) is 0 Å². The van der Waals surface area contributed by atoms with Crippen LogP contribution in [0.4, 0.5) is 5.82 Å². The third-order valence-corrected chi connectivity index (χ3v) is 8.71. The van der Waals surface area contributed by atoms with Gasteiger partial charge in [0.15, 0.2) is 0 Å². The maximum absolute atomic E-state index is 6.24. The molecule has 1 saturated heterocycles. The highest BCUT2D eigenvalue weighted by Gasteiger charge is 2.69. The van der Waals surface area contributed by atoms with Gasteiger partial charge in [0.25, 0.3) is 0 Å². The highest BCUT2D eigenvalue weighted by molar-refractivity contribution is 8.03. The zero-order valence-corrected chi connectivity index (χ0v) is 18.2. The second-order valence-electron chi connectivity index (χ2n) is 7.59. The van der Waals surface area contributed by atoms with E-state index in [1.807, 2.05) is 25.4 Å². The number of aryl methyl sites for hydroxylation is 1. The summed E-state index contributed by atoms with van der Waals surface area (Å²) in [4.78, 5) is 12.0. The van der Waals surface area contributed by atoms with Crippen LogP contribution in [0.1, 0.15) is 10.7 Å². The molecule has 4 heterocycles. The lowest BCUT2D eigenvalue weighted by molar-refractivity contribution is 0.318. The first-order valence-electron chi connectivity index (χ1n) is 9.42. The number of nitrogens with zero attached hydrogens (tertiary/aromatic N) is 3. The number of likely N-dealkylation sites (tertiary alicyclic amines) is 1. The van der Waals surface area contributed by atoms with Gasteiger partial charge in [-0.05, 0) is 24.8 Å². The summed E-state index contributed by atoms with van der Waals surface area (Å²) >= 11 is 9.50. The number of thiazole rings is 1. The number of pyridine rings is 1. The molecule has 2 aromatic rings. The van der Waals surface area contributed by atoms with Crippen LogP contribution in [0.25, 0.3) is 0 Å². The zero-order valence-electron chi connectivity index (χ0n) is 15.9. The molecule has 2 aliphatic heterocycles. The van der Waals surface area contributed by atoms with Crippen LogP contribution in [0.15, 0.2) is 45.8 Å². The molecule has 2 aromatic heterocycles. The maximum Gasteiger partial charge on any atom is 0.143 e. The average molecular weight is 448 g/mol. The molecular weight excluding hydrogens is 426 g/mol. The van der Waals surface area contributed by atoms with Crippen molar-refractivity contribution in [2.24, 2.45) is 17.6 Å². The van der Waals surface area contributed by atoms with Gasteiger partial charge in [-0.1, -0.05) is 23.4 Å². The van der Waals surface area contributed by atoms with Crippen molar-refractivity contribution in [1.82, 2.24) is 25.5 Å². The molecule has 1 aliphatic carbocycles. The molecule has 152 valence electrons. The number of nitrogens with one attached hydrogen (secondary N) is 2. The number of aromatic nitrogens is 2. The number of nitrogens with two attached hydrogens (primary N) is 2. The molecule has 0 aromatic carbocycles. The summed E-state index contributed by atoms with van der Waals surface area (Å²) in [6.45, 7) is 4.70. The highest BCUT2D eigenvalue weighted by Crippen LogP contribution is 2.63. The molecule has 0 radical (unpaired) electrons. The predicted octanol–water partition coefficient (Wildman–Crippen LogP) is 2.42. The van der Waals surface area contributed by atoms with Crippen molar-refractivity contribution in [2.45, 2.75) is 17.2 Å². The lowest BCUT2D eigenvalue weighted by Crippen LogP contribution is -2.38. The van der Waals surface area contributed by atoms with Gasteiger partial charge in [0.1, 0.15) is 16.6 Å². The van der Waals surface area contributed by atoms with E-state index in [0.717, 1.165) is 34.5 Å². The van der Waals surface area contributed by atoms with Crippen LogP contribution < -0.4 is 22.1 Å². The maximum atomic E-state index is 6.24. The molecule has 6 N–H and O–H groups in total. The number of thioether (sulfide) groups is 1. The second-order valence-corrected chi connectivity index (χ2v) is 9.91. The van der Waals surface area contributed by atoms with Crippen molar-refractivity contribution in [3.8, 4) is 0 Å². The normalized spacial score (nSPS) is 27.6. The van der Waals surface area contributed by atoms with Crippen molar-refractivity contribution in [2.75, 3.05) is 25.4 Å². The number of piperidine rings is 1. The molecule has 2 unspecified atom stereocenters. The van der Waals surface area contributed by atoms with Gasteiger partial charge in [-0.15, -0.1) is 11.3 Å². The number of anilines is 1. The van der Waals surface area contributed by atoms with Crippen molar-refractivity contribution < 1.29 is 0 Å². The Hall–Kier alpha value is -1.94. The minimum Gasteiger partial charge on any atom is -0.382 e. The molecule has 0 spiro atoms. The van der Waals surface area contributed by atoms with E-state index in [9.17, 15) is 0 Å². The smallest absolute Gasteiger partial charge is 0.143 e. The van der Waals surface area contributed by atoms with Crippen molar-refractivity contribution in [3.63, 3.8) is 0 Å². The summed E-state index contributed by atoms with van der Waals surface area (Å²) in [7, 11) is 0. The van der Waals surface area contributed by atoms with Gasteiger partial charge >= 0.3 is 0 Å². The predicted molar refractivity (Wildman–Crippen MR) is 118 cm³/mol. The topological polar surface area (TPSA) is 105 Å². The van der Waals surface area contributed by atoms with Gasteiger partial charge in [0.05, 0.1) is 10.1 Å². The molecule has 10 heteroatoms. The Balaban J connectivity index is 1.22. The number of nitrogen functional groups attached to an aromatic ring is 1. The lowest BCUT2D eigenvalue weighted by atomic mass is 10.0. The number of rotatable bonds is 5. The standard InChI is InChI=1S/C19H22ClN7S2/c1-10-8-28-18(26-10)19(9-21)11-6-27(7-12(11)19)14-4-25-15(5-24-14)29-13-2-3-23-17(22)16(13)20/h2-5,8,11-12,24-25H,6-7,9,21H2,1H3,(H2,22,23). The van der Waals surface area contributed by atoms with Crippen molar-refractivity contribution in [3.05, 3.63) is 56.6 Å². The van der Waals surface area contributed by atoms with Crippen LogP contribution in [0.3, 0.4) is 0 Å². The van der Waals surface area contributed by atoms with Crippen LogP contribution in [-0.4, -0.2) is 34.5 Å². The Morgan fingerprint density at radius 3 is 2.76 bits per heavy atom. The third kappa shape index (κ3) is 3.07. The van der Waals surface area contributed by atoms with Gasteiger partial charge in [0, 0.05) is 59.6 Å². The number of halogens is 1. The second kappa shape index (κ2) is 7.09. The zero-order chi connectivity index (χ0) is 20.2. The molecule has 0 amide bonds. The molecular formula is C19H22ClN7S2. The van der Waals surface area contributed by atoms with Crippen LogP contribution in [-0.2, 0) is 5.41 Å². The number of hydrogen-bond acceptors (Lipinski definition) is 9. The molecule has 2 fully saturated rings. The fourth-order valence-electron chi connectivity index (χ4n) is 4.45. The van der Waals surface area contributed by atoms with Crippen LogP contribution in [0, 0.1) is 18.8 Å². The van der Waals surface area contributed by atoms with Crippen LogP contribution in [0.2, 0.25) is 5.02 Å². The summed E-state index contributed by atoms with van der Waals surface area (Å²) < 4.78 is 0. The lowest BCUT2D eigenvalue weighted by Gasteiger charge is -2.30. The fourth-order valence-corrected chi connectivity index (χ4v) is 6.61. The highest BCUT2D eigenvalue weighted by atomic mass is 35.5. The van der Waals surface area contributed by atoms with Crippen LogP contribution >= 0.6 is 34.7 Å². The quantitative estimate of drug-likeness (QED) is 0.553. The first kappa shape index (κ1) is 19.0. The summed E-state index contributed by atoms with van der Waals surface area (Å²) in [5.41, 5.74) is 13.2. The molecule has 2 atom stereocenters. The van der Waals surface area contributed by atoms with E-state index in [1.54, 1.807) is 17.5 Å². The average Bonchev–Trinajstić information content (AvgIpc) is 3.07. The third-order valence-electron chi connectivity index (χ3n) is 6.03. The summed E-state index contributed by atoms with van der Waals surface area (Å²) in [5.74, 6) is 2.55. The Morgan fingerprint density at radius 1 is 1.34 bits per heavy atom. The van der Waals surface area contributed by atoms with E-state index in [1.165, 1.54) is 16.8 Å². The Morgan fingerprint density at radius 2 is 2.14 bits per heavy atom. The van der Waals surface area contributed by atoms with E-state index in [-0.39, 0.29) is 5.41 Å². The Bertz CT molecular complexity index is 1010. The molecule has 1 saturated carbocycles. The number of hydrogen-bond donors (Lipinski definition) is 4. The number of fused-ring (bicyclic) bond motifs is 1. The fraction of sp³-hybridized carbons (Fsp3) is 0.368. The Labute approximate surface area is 182 Å². The molecule has 0 bridgehead atoms. The summed E-state index contributed by atoms with van der Waals surface area (Å²) in [6.07, 6.45) is 5.62. The van der Waals surface area contributed by atoms with E-state index in [0.29, 0.717) is 29.2 Å². The van der Waals surface area contributed by atoms with Gasteiger partial charge in [-0.25, -0.2) is 9.97 Å². The largest absolute Gasteiger partial charge is 0.382 e. The summed E-state index contributed by atoms with van der Waals surface area (Å²) in [5, 5.41) is 11.5. The molecule has 7 nitrogen and oxygen atoms in total. The van der Waals surface area contributed by atoms with Gasteiger partial charge in [-0.2, -0.15) is 0 Å².